The summed E-state index contributed by atoms with van der Waals surface area (Å²) in [6.45, 7) is 6.99. The van der Waals surface area contributed by atoms with Gasteiger partial charge in [-0.05, 0) is 62.8 Å². The van der Waals surface area contributed by atoms with E-state index in [0.29, 0.717) is 0 Å². The molecule has 0 fully saturated rings. The highest BCUT2D eigenvalue weighted by molar-refractivity contribution is 7.77. The molecule has 2 aromatic carbocycles. The molecule has 1 nitrogen and oxygen atoms in total. The van der Waals surface area contributed by atoms with Gasteiger partial charge in [0, 0.05) is 0 Å². The Balaban J connectivity index is 2.31. The fourth-order valence-electron chi connectivity index (χ4n) is 5.97. The van der Waals surface area contributed by atoms with E-state index in [1.54, 1.807) is 0 Å². The summed E-state index contributed by atoms with van der Waals surface area (Å²) in [5.74, 6) is 0. The van der Waals surface area contributed by atoms with E-state index in [-0.39, 0.29) is 0 Å². The van der Waals surface area contributed by atoms with Crippen LogP contribution in [0.1, 0.15) is 136 Å². The minimum Gasteiger partial charge on any atom is -0.219 e. The number of para-hydroxylation sites is 2. The molecule has 0 amide bonds. The number of rotatable bonds is 24. The van der Waals surface area contributed by atoms with E-state index in [0.717, 1.165) is 0 Å². The first-order valence-electron chi connectivity index (χ1n) is 16.5. The first-order valence-corrected chi connectivity index (χ1v) is 18.8. The lowest BCUT2D eigenvalue weighted by atomic mass is 10.1. The summed E-state index contributed by atoms with van der Waals surface area (Å²) in [6.07, 6.45) is 29.4. The normalized spacial score (nSPS) is 11.7. The third kappa shape index (κ3) is 12.7. The van der Waals surface area contributed by atoms with Gasteiger partial charge >= 0.3 is 0 Å². The van der Waals surface area contributed by atoms with Crippen molar-refractivity contribution in [3.63, 3.8) is 0 Å². The van der Waals surface area contributed by atoms with Crippen LogP contribution in [0.3, 0.4) is 0 Å². The van der Waals surface area contributed by atoms with Crippen LogP contribution in [-0.4, -0.2) is 18.5 Å². The molecule has 0 unspecified atom stereocenters. The van der Waals surface area contributed by atoms with E-state index in [4.69, 9.17) is 0 Å². The Morgan fingerprint density at radius 1 is 0.395 bits per heavy atom. The average Bonchev–Trinajstić information content (AvgIpc) is 2.95. The highest BCUT2D eigenvalue weighted by Crippen LogP contribution is 2.67. The van der Waals surface area contributed by atoms with Crippen LogP contribution in [0, 0.1) is 0 Å². The summed E-state index contributed by atoms with van der Waals surface area (Å²) >= 11 is 0. The van der Waals surface area contributed by atoms with Crippen molar-refractivity contribution in [3.8, 4) is 0 Å². The molecule has 0 N–H and O–H groups in total. The van der Waals surface area contributed by atoms with E-state index in [1.807, 2.05) is 0 Å². The summed E-state index contributed by atoms with van der Waals surface area (Å²) in [6, 6.07) is 22.9. The van der Waals surface area contributed by atoms with Crippen LogP contribution in [0.2, 0.25) is 0 Å². The highest BCUT2D eigenvalue weighted by atomic mass is 31.2. The number of nitrogens with zero attached hydrogens (tertiary/aromatic N) is 1. The molecule has 0 aromatic heterocycles. The lowest BCUT2D eigenvalue weighted by molar-refractivity contribution is 0.615. The Labute approximate surface area is 238 Å². The van der Waals surface area contributed by atoms with Crippen LogP contribution in [0.5, 0.6) is 0 Å². The lowest BCUT2D eigenvalue weighted by Crippen LogP contribution is -2.26. The average molecular weight is 539 g/mol. The monoisotopic (exact) mass is 538 g/mol. The fraction of sp³-hybridized carbons (Fsp3) is 0.667. The predicted octanol–water partition coefficient (Wildman–Crippen LogP) is 12.8. The minimum atomic E-state index is -1.38. The summed E-state index contributed by atoms with van der Waals surface area (Å²) in [5.41, 5.74) is 2.85. The number of anilines is 2. The molecule has 0 saturated heterocycles. The fourth-order valence-corrected chi connectivity index (χ4v) is 10.9. The summed E-state index contributed by atoms with van der Waals surface area (Å²) in [4.78, 5) is 0. The maximum atomic E-state index is 2.90. The van der Waals surface area contributed by atoms with Gasteiger partial charge < -0.3 is 0 Å². The Morgan fingerprint density at radius 2 is 0.684 bits per heavy atom. The van der Waals surface area contributed by atoms with Gasteiger partial charge in [0.25, 0.3) is 0 Å². The van der Waals surface area contributed by atoms with Crippen molar-refractivity contribution >= 4 is 18.8 Å². The van der Waals surface area contributed by atoms with Gasteiger partial charge in [0.15, 0.2) is 0 Å². The zero-order valence-electron chi connectivity index (χ0n) is 25.5. The molecule has 0 aliphatic heterocycles. The molecule has 214 valence electrons. The van der Waals surface area contributed by atoms with Crippen molar-refractivity contribution in [1.29, 1.82) is 0 Å². The molecule has 2 aromatic rings. The Hall–Kier alpha value is -1.33. The molecule has 0 radical (unpaired) electrons. The van der Waals surface area contributed by atoms with E-state index in [1.165, 1.54) is 145 Å². The number of unbranched alkanes of at least 4 members (excludes halogenated alkanes) is 15. The second kappa shape index (κ2) is 21.5. The number of hydrogen-bond acceptors (Lipinski definition) is 1. The van der Waals surface area contributed by atoms with Gasteiger partial charge in [-0.3, -0.25) is 0 Å². The molecular formula is C36H61NP+. The molecule has 0 saturated carbocycles. The summed E-state index contributed by atoms with van der Waals surface area (Å²) < 4.78 is 2.90. The first kappa shape index (κ1) is 32.9. The second-order valence-electron chi connectivity index (χ2n) is 11.6. The molecule has 0 spiro atoms. The SMILES string of the molecule is CCCCCCCC[P+](CCCCCCCC)(CCCCCCCC)N(c1ccccc1)c1ccccc1. The van der Waals surface area contributed by atoms with E-state index in [9.17, 15) is 0 Å². The quantitative estimate of drug-likeness (QED) is 0.0948. The van der Waals surface area contributed by atoms with Crippen molar-refractivity contribution in [1.82, 2.24) is 0 Å². The predicted molar refractivity (Wildman–Crippen MR) is 177 cm³/mol. The van der Waals surface area contributed by atoms with Crippen LogP contribution >= 0.6 is 7.41 Å². The van der Waals surface area contributed by atoms with Crippen molar-refractivity contribution in [2.75, 3.05) is 23.2 Å². The van der Waals surface area contributed by atoms with Crippen molar-refractivity contribution in [2.24, 2.45) is 0 Å². The van der Waals surface area contributed by atoms with Gasteiger partial charge in [-0.15, -0.1) is 0 Å². The Morgan fingerprint density at radius 3 is 1.00 bits per heavy atom. The number of hydrogen-bond donors (Lipinski definition) is 0. The minimum absolute atomic E-state index is 1.34. The molecule has 0 bridgehead atoms. The van der Waals surface area contributed by atoms with Gasteiger partial charge in [-0.25, -0.2) is 4.67 Å². The molecule has 0 heterocycles. The van der Waals surface area contributed by atoms with Gasteiger partial charge in [-0.1, -0.05) is 134 Å². The smallest absolute Gasteiger partial charge is 0.111 e. The van der Waals surface area contributed by atoms with Crippen LogP contribution in [0.15, 0.2) is 60.7 Å². The summed E-state index contributed by atoms with van der Waals surface area (Å²) in [5, 5.41) is 0. The molecular weight excluding hydrogens is 477 g/mol. The lowest BCUT2D eigenvalue weighted by Gasteiger charge is -2.39. The number of benzene rings is 2. The van der Waals surface area contributed by atoms with Crippen LogP contribution in [0.25, 0.3) is 0 Å². The van der Waals surface area contributed by atoms with Gasteiger partial charge in [0.2, 0.25) is 0 Å². The van der Waals surface area contributed by atoms with Crippen molar-refractivity contribution < 1.29 is 0 Å². The Bertz CT molecular complexity index is 694. The first-order chi connectivity index (χ1) is 18.8. The van der Waals surface area contributed by atoms with Crippen LogP contribution < -0.4 is 4.67 Å². The molecule has 0 aliphatic carbocycles. The van der Waals surface area contributed by atoms with Gasteiger partial charge in [0.1, 0.15) is 7.41 Å². The van der Waals surface area contributed by atoms with E-state index >= 15 is 0 Å². The highest BCUT2D eigenvalue weighted by Gasteiger charge is 2.44. The Kier molecular flexibility index (Phi) is 18.6. The van der Waals surface area contributed by atoms with Crippen LogP contribution in [0.4, 0.5) is 11.4 Å². The van der Waals surface area contributed by atoms with E-state index < -0.39 is 7.41 Å². The maximum Gasteiger partial charge on any atom is 0.111 e. The maximum absolute atomic E-state index is 2.90. The zero-order valence-corrected chi connectivity index (χ0v) is 26.4. The van der Waals surface area contributed by atoms with Crippen molar-refractivity contribution in [2.45, 2.75) is 136 Å². The van der Waals surface area contributed by atoms with Crippen LogP contribution in [-0.2, 0) is 0 Å². The molecule has 0 aliphatic rings. The third-order valence-electron chi connectivity index (χ3n) is 8.21. The molecule has 0 atom stereocenters. The van der Waals surface area contributed by atoms with Gasteiger partial charge in [0.05, 0.1) is 29.9 Å². The third-order valence-corrected chi connectivity index (χ3v) is 13.0. The second-order valence-corrected chi connectivity index (χ2v) is 15.5. The molecule has 38 heavy (non-hydrogen) atoms. The topological polar surface area (TPSA) is 3.24 Å². The summed E-state index contributed by atoms with van der Waals surface area (Å²) in [7, 11) is -1.38. The zero-order chi connectivity index (χ0) is 27.2. The largest absolute Gasteiger partial charge is 0.219 e. The van der Waals surface area contributed by atoms with E-state index in [2.05, 4.69) is 86.1 Å². The van der Waals surface area contributed by atoms with Gasteiger partial charge in [-0.2, -0.15) is 0 Å². The standard InChI is InChI=1S/C36H61NP/c1-4-7-10-13-16-25-32-38(33-26-17-14-11-8-5-2,34-27-18-15-12-9-6-3)37(35-28-21-19-22-29-35)36-30-23-20-24-31-36/h19-24,28-31H,4-18,25-27,32-34H2,1-3H3/q+1. The molecule has 2 heteroatoms. The molecule has 2 rings (SSSR count). The van der Waals surface area contributed by atoms with Crippen molar-refractivity contribution in [3.05, 3.63) is 60.7 Å².